The van der Waals surface area contributed by atoms with Crippen LogP contribution in [0.2, 0.25) is 0 Å². The molecule has 144 valence electrons. The summed E-state index contributed by atoms with van der Waals surface area (Å²) in [4.78, 5) is 21.6. The highest BCUT2D eigenvalue weighted by molar-refractivity contribution is 5.80. The van der Waals surface area contributed by atoms with Crippen molar-refractivity contribution in [3.8, 4) is 0 Å². The predicted octanol–water partition coefficient (Wildman–Crippen LogP) is 3.61. The Hall–Kier alpha value is -0.940. The van der Waals surface area contributed by atoms with Gasteiger partial charge in [0.1, 0.15) is 5.78 Å². The van der Waals surface area contributed by atoms with Crippen LogP contribution >= 0.6 is 0 Å². The van der Waals surface area contributed by atoms with E-state index < -0.39 is 0 Å². The largest absolute Gasteiger partial charge is 0.400 e. The van der Waals surface area contributed by atoms with Crippen molar-refractivity contribution in [1.29, 1.82) is 0 Å². The lowest BCUT2D eigenvalue weighted by atomic mass is 9.85. The molecule has 0 atom stereocenters. The average molecular weight is 346 g/mol. The summed E-state index contributed by atoms with van der Waals surface area (Å²) in [5, 5.41) is 7.00. The molecule has 0 radical (unpaired) electrons. The number of aliphatic hydroxyl groups excluding tert-OH is 1. The molecule has 1 amide bonds. The molecular weight excluding hydrogens is 306 g/mol. The van der Waals surface area contributed by atoms with E-state index in [1.165, 1.54) is 38.5 Å². The number of Topliss-reactive ketones (excluding diaryl/α,β-unsaturated/α-hetero) is 1. The van der Waals surface area contributed by atoms with Gasteiger partial charge in [-0.15, -0.1) is 0 Å². The van der Waals surface area contributed by atoms with Crippen molar-refractivity contribution in [1.82, 2.24) is 0 Å². The highest BCUT2D eigenvalue weighted by atomic mass is 16.5. The van der Waals surface area contributed by atoms with Crippen LogP contribution in [0.1, 0.15) is 85.4 Å². The number of hydrogen-bond donors (Lipinski definition) is 2. The first-order chi connectivity index (χ1) is 11.6. The summed E-state index contributed by atoms with van der Waals surface area (Å²) >= 11 is 0. The molecule has 2 rings (SSSR count). The first-order valence-electron chi connectivity index (χ1n) is 9.50. The fraction of sp³-hybridized carbons (Fsp3) is 0.895. The minimum Gasteiger partial charge on any atom is -0.400 e. The van der Waals surface area contributed by atoms with Crippen LogP contribution in [0, 0.1) is 5.92 Å². The minimum atomic E-state index is -0.272. The lowest BCUT2D eigenvalue weighted by Gasteiger charge is -2.21. The molecule has 0 aromatic rings. The van der Waals surface area contributed by atoms with E-state index in [2.05, 4.69) is 0 Å². The third-order valence-electron chi connectivity index (χ3n) is 4.66. The van der Waals surface area contributed by atoms with Crippen LogP contribution in [0.3, 0.4) is 0 Å². The Bertz CT molecular complexity index is 327. The average Bonchev–Trinajstić information content (AvgIpc) is 2.64. The Morgan fingerprint density at radius 2 is 1.50 bits per heavy atom. The second-order valence-electron chi connectivity index (χ2n) is 6.50. The van der Waals surface area contributed by atoms with Crippen molar-refractivity contribution in [3.05, 3.63) is 0 Å². The minimum absolute atomic E-state index is 0. The Morgan fingerprint density at radius 3 is 1.96 bits per heavy atom. The highest BCUT2D eigenvalue weighted by Gasteiger charge is 2.18. The molecule has 2 saturated carbocycles. The number of carbonyl (C=O) groups is 2. The Kier molecular flexibility index (Phi) is 15.0. The van der Waals surface area contributed by atoms with Gasteiger partial charge in [-0.2, -0.15) is 0 Å². The van der Waals surface area contributed by atoms with E-state index >= 15 is 0 Å². The number of hydrogen-bond acceptors (Lipinski definition) is 4. The summed E-state index contributed by atoms with van der Waals surface area (Å²) < 4.78 is 5.49. The predicted molar refractivity (Wildman–Crippen MR) is 98.8 cm³/mol. The monoisotopic (exact) mass is 345 g/mol. The van der Waals surface area contributed by atoms with E-state index in [0.717, 1.165) is 39.2 Å². The van der Waals surface area contributed by atoms with Crippen molar-refractivity contribution in [2.75, 3.05) is 13.7 Å². The molecule has 0 aliphatic heterocycles. The molecule has 0 unspecified atom stereocenters. The van der Waals surface area contributed by atoms with Crippen LogP contribution in [0.5, 0.6) is 0 Å². The maximum atomic E-state index is 11.2. The first kappa shape index (κ1) is 23.1. The smallest absolute Gasteiger partial charge is 0.219 e. The summed E-state index contributed by atoms with van der Waals surface area (Å²) in [6, 6.07) is 0. The zero-order chi connectivity index (χ0) is 18.2. The van der Waals surface area contributed by atoms with Gasteiger partial charge in [0.15, 0.2) is 0 Å². The van der Waals surface area contributed by atoms with E-state index in [9.17, 15) is 9.59 Å². The summed E-state index contributed by atoms with van der Waals surface area (Å²) in [6.45, 7) is 2.47. The maximum Gasteiger partial charge on any atom is 0.219 e. The molecular formula is C19H39NO4. The van der Waals surface area contributed by atoms with Gasteiger partial charge in [0.25, 0.3) is 0 Å². The molecule has 2 aliphatic carbocycles. The summed E-state index contributed by atoms with van der Waals surface area (Å²) in [6.07, 6.45) is 13.9. The molecule has 2 fully saturated rings. The molecule has 0 saturated heterocycles. The molecule has 2 aliphatic rings. The number of amides is 1. The molecule has 0 heterocycles. The van der Waals surface area contributed by atoms with E-state index in [4.69, 9.17) is 15.6 Å². The number of ketones is 1. The van der Waals surface area contributed by atoms with Crippen LogP contribution in [-0.4, -0.2) is 36.6 Å². The topological polar surface area (TPSA) is 89.6 Å². The normalized spacial score (nSPS) is 18.6. The molecule has 0 bridgehead atoms. The van der Waals surface area contributed by atoms with Crippen LogP contribution < -0.4 is 5.73 Å². The van der Waals surface area contributed by atoms with Crippen molar-refractivity contribution in [2.45, 2.75) is 90.1 Å². The number of rotatable bonds is 6. The second-order valence-corrected chi connectivity index (χ2v) is 6.50. The van der Waals surface area contributed by atoms with Crippen molar-refractivity contribution in [2.24, 2.45) is 11.7 Å². The molecule has 0 aromatic heterocycles. The van der Waals surface area contributed by atoms with Gasteiger partial charge in [-0.05, 0) is 25.7 Å². The van der Waals surface area contributed by atoms with Crippen LogP contribution in [-0.2, 0) is 14.3 Å². The first-order valence-corrected chi connectivity index (χ1v) is 9.50. The Labute approximate surface area is 148 Å². The Morgan fingerprint density at radius 1 is 1.00 bits per heavy atom. The van der Waals surface area contributed by atoms with Crippen LogP contribution in [0.15, 0.2) is 0 Å². The van der Waals surface area contributed by atoms with E-state index in [1.54, 1.807) is 0 Å². The standard InChI is InChI=1S/C9H17NO2.C9H16O.CH4O.H2/c10-9(11)6-7-12-8-4-2-1-3-5-8;1-2-9(10)8-6-4-3-5-7-8;1-2;/h8H,1-7H2,(H2,10,11);8H,2-7H2,1H3;2H,1H3;1H. The number of nitrogens with two attached hydrogens (primary N) is 1. The number of ether oxygens (including phenoxy) is 1. The lowest BCUT2D eigenvalue weighted by Crippen LogP contribution is -2.20. The number of aliphatic hydroxyl groups is 1. The van der Waals surface area contributed by atoms with Crippen molar-refractivity contribution in [3.63, 3.8) is 0 Å². The van der Waals surface area contributed by atoms with Crippen LogP contribution in [0.4, 0.5) is 0 Å². The van der Waals surface area contributed by atoms with Gasteiger partial charge in [-0.25, -0.2) is 0 Å². The third-order valence-corrected chi connectivity index (χ3v) is 4.66. The fourth-order valence-corrected chi connectivity index (χ4v) is 3.27. The van der Waals surface area contributed by atoms with Crippen molar-refractivity contribution < 1.29 is 20.9 Å². The van der Waals surface area contributed by atoms with Crippen molar-refractivity contribution >= 4 is 11.7 Å². The number of carbonyl (C=O) groups excluding carboxylic acids is 2. The third kappa shape index (κ3) is 11.6. The molecule has 0 spiro atoms. The van der Waals surface area contributed by atoms with Gasteiger partial charge >= 0.3 is 0 Å². The maximum absolute atomic E-state index is 11.2. The lowest BCUT2D eigenvalue weighted by molar-refractivity contribution is -0.123. The number of primary amides is 1. The van der Waals surface area contributed by atoms with E-state index in [1.807, 2.05) is 6.92 Å². The summed E-state index contributed by atoms with van der Waals surface area (Å²) in [7, 11) is 1.00. The SMILES string of the molecule is CCC(=O)C1CCCCC1.CO.NC(=O)CCOC1CCCCC1.[HH]. The molecule has 5 nitrogen and oxygen atoms in total. The molecule has 5 heteroatoms. The fourth-order valence-electron chi connectivity index (χ4n) is 3.27. The zero-order valence-electron chi connectivity index (χ0n) is 15.6. The second kappa shape index (κ2) is 15.6. The molecule has 3 N–H and O–H groups in total. The Balaban J connectivity index is 0. The quantitative estimate of drug-likeness (QED) is 0.769. The van der Waals surface area contributed by atoms with Gasteiger partial charge in [-0.3, -0.25) is 9.59 Å². The van der Waals surface area contributed by atoms with Gasteiger partial charge < -0.3 is 15.6 Å². The van der Waals surface area contributed by atoms with E-state index in [0.29, 0.717) is 30.8 Å². The zero-order valence-corrected chi connectivity index (χ0v) is 15.6. The van der Waals surface area contributed by atoms with Crippen LogP contribution in [0.25, 0.3) is 0 Å². The summed E-state index contributed by atoms with van der Waals surface area (Å²) in [5.74, 6) is 0.643. The van der Waals surface area contributed by atoms with Gasteiger partial charge in [0.2, 0.25) is 5.91 Å². The summed E-state index contributed by atoms with van der Waals surface area (Å²) in [5.41, 5.74) is 4.99. The molecule has 0 aromatic carbocycles. The van der Waals surface area contributed by atoms with Gasteiger partial charge in [-0.1, -0.05) is 45.4 Å². The van der Waals surface area contributed by atoms with Gasteiger partial charge in [0.05, 0.1) is 12.7 Å². The van der Waals surface area contributed by atoms with Gasteiger partial charge in [0, 0.05) is 27.3 Å². The molecule has 24 heavy (non-hydrogen) atoms. The highest BCUT2D eigenvalue weighted by Crippen LogP contribution is 2.24. The van der Waals surface area contributed by atoms with E-state index in [-0.39, 0.29) is 7.33 Å².